The number of nitrogens with zero attached hydrogens (tertiary/aromatic N) is 1. The lowest BCUT2D eigenvalue weighted by Crippen LogP contribution is -2.66. The normalized spacial score (nSPS) is 24.5. The van der Waals surface area contributed by atoms with Gasteiger partial charge in [-0.15, -0.1) is 0 Å². The lowest BCUT2D eigenvalue weighted by atomic mass is 9.96. The van der Waals surface area contributed by atoms with E-state index in [1.54, 1.807) is 12.1 Å². The van der Waals surface area contributed by atoms with Crippen LogP contribution in [0, 0.1) is 5.82 Å². The zero-order chi connectivity index (χ0) is 27.6. The van der Waals surface area contributed by atoms with Crippen LogP contribution in [0.1, 0.15) is 41.5 Å². The molecular weight excluding hydrogens is 521 g/mol. The van der Waals surface area contributed by atoms with Gasteiger partial charge >= 0.3 is 17.9 Å². The molecule has 2 aromatic rings. The highest BCUT2D eigenvalue weighted by Crippen LogP contribution is 2.41. The first-order valence-electron chi connectivity index (χ1n) is 11.6. The van der Waals surface area contributed by atoms with Crippen LogP contribution < -0.4 is 0 Å². The number of benzene rings is 2. The summed E-state index contributed by atoms with van der Waals surface area (Å²) in [4.78, 5) is 64.2. The van der Waals surface area contributed by atoms with Gasteiger partial charge in [-0.05, 0) is 36.4 Å². The molecule has 38 heavy (non-hydrogen) atoms. The summed E-state index contributed by atoms with van der Waals surface area (Å²) in [7, 11) is 0. The number of ether oxygens (including phenoxy) is 4. The van der Waals surface area contributed by atoms with E-state index in [2.05, 4.69) is 0 Å². The van der Waals surface area contributed by atoms with Crippen molar-refractivity contribution in [1.82, 2.24) is 4.90 Å². The van der Waals surface area contributed by atoms with E-state index in [9.17, 15) is 28.4 Å². The predicted molar refractivity (Wildman–Crippen MR) is 129 cm³/mol. The molecule has 12 heteroatoms. The molecule has 0 N–H and O–H groups in total. The van der Waals surface area contributed by atoms with Gasteiger partial charge in [-0.2, -0.15) is 0 Å². The van der Waals surface area contributed by atoms with Gasteiger partial charge in [0.1, 0.15) is 30.0 Å². The number of imide groups is 1. The molecule has 0 saturated carbocycles. The number of hydrogen-bond acceptors (Lipinski definition) is 10. The smallest absolute Gasteiger partial charge is 0.303 e. The summed E-state index contributed by atoms with van der Waals surface area (Å²) < 4.78 is 35.9. The average Bonchev–Trinajstić information content (AvgIpc) is 3.10. The summed E-state index contributed by atoms with van der Waals surface area (Å²) in [6, 6.07) is 10.3. The van der Waals surface area contributed by atoms with E-state index in [0.29, 0.717) is 4.90 Å². The number of fused-ring (bicyclic) bond motifs is 1. The molecule has 4 rings (SSSR count). The van der Waals surface area contributed by atoms with Crippen LogP contribution in [-0.2, 0) is 33.3 Å². The van der Waals surface area contributed by atoms with Crippen molar-refractivity contribution < 1.29 is 47.3 Å². The fraction of sp³-hybridized carbons (Fsp3) is 0.346. The van der Waals surface area contributed by atoms with Crippen LogP contribution in [0.25, 0.3) is 0 Å². The Morgan fingerprint density at radius 3 is 1.95 bits per heavy atom. The van der Waals surface area contributed by atoms with E-state index in [4.69, 9.17) is 18.9 Å². The molecule has 1 saturated heterocycles. The Morgan fingerprint density at radius 1 is 0.868 bits per heavy atom. The predicted octanol–water partition coefficient (Wildman–Crippen LogP) is 2.73. The molecule has 0 spiro atoms. The standard InChI is InChI=1S/C26H24FNO9S/c1-13(29)34-12-20-22(35-14(2)30)23(36-15(3)31)21(26(37-20)38-17-10-8-16(27)9-11-17)28-24(32)18-6-4-5-7-19(18)25(28)33/h4-11,20-23,26H,12H2,1-3H3/t20-,21-,22-,23-,26+/m1/s1. The number of carbonyl (C=O) groups is 5. The summed E-state index contributed by atoms with van der Waals surface area (Å²) in [6.07, 6.45) is -3.85. The zero-order valence-corrected chi connectivity index (χ0v) is 21.4. The van der Waals surface area contributed by atoms with Crippen molar-refractivity contribution >= 4 is 41.5 Å². The summed E-state index contributed by atoms with van der Waals surface area (Å²) in [5.41, 5.74) is -0.800. The van der Waals surface area contributed by atoms with Crippen molar-refractivity contribution in [3.63, 3.8) is 0 Å². The number of halogens is 1. The van der Waals surface area contributed by atoms with Gasteiger partial charge in [0.05, 0.1) is 11.1 Å². The fourth-order valence-corrected chi connectivity index (χ4v) is 5.56. The molecule has 5 atom stereocenters. The van der Waals surface area contributed by atoms with E-state index >= 15 is 0 Å². The lowest BCUT2D eigenvalue weighted by Gasteiger charge is -2.47. The Morgan fingerprint density at radius 2 is 1.42 bits per heavy atom. The first kappa shape index (κ1) is 27.3. The van der Waals surface area contributed by atoms with Crippen molar-refractivity contribution in [2.24, 2.45) is 0 Å². The van der Waals surface area contributed by atoms with Crippen molar-refractivity contribution in [2.75, 3.05) is 6.61 Å². The lowest BCUT2D eigenvalue weighted by molar-refractivity contribution is -0.216. The first-order chi connectivity index (χ1) is 18.1. The van der Waals surface area contributed by atoms with Crippen LogP contribution in [0.4, 0.5) is 4.39 Å². The number of amides is 2. The fourth-order valence-electron chi connectivity index (χ4n) is 4.38. The third kappa shape index (κ3) is 5.70. The van der Waals surface area contributed by atoms with Gasteiger partial charge in [0.2, 0.25) is 0 Å². The van der Waals surface area contributed by atoms with E-state index in [1.807, 2.05) is 0 Å². The third-order valence-corrected chi connectivity index (χ3v) is 7.03. The molecule has 2 aliphatic heterocycles. The molecule has 0 aromatic heterocycles. The Kier molecular flexibility index (Phi) is 8.12. The monoisotopic (exact) mass is 545 g/mol. The minimum absolute atomic E-state index is 0.149. The molecule has 2 aliphatic rings. The highest BCUT2D eigenvalue weighted by Gasteiger charge is 2.57. The highest BCUT2D eigenvalue weighted by molar-refractivity contribution is 7.99. The number of carbonyl (C=O) groups excluding carboxylic acids is 5. The van der Waals surface area contributed by atoms with Crippen LogP contribution in [0.5, 0.6) is 0 Å². The van der Waals surface area contributed by atoms with Gasteiger partial charge in [-0.1, -0.05) is 23.9 Å². The second-order valence-electron chi connectivity index (χ2n) is 8.58. The van der Waals surface area contributed by atoms with Crippen molar-refractivity contribution in [2.45, 2.75) is 55.5 Å². The molecule has 2 amide bonds. The summed E-state index contributed by atoms with van der Waals surface area (Å²) in [5.74, 6) is -3.94. The van der Waals surface area contributed by atoms with Crippen LogP contribution in [-0.4, -0.2) is 71.0 Å². The molecule has 0 unspecified atom stereocenters. The minimum atomic E-state index is -1.38. The molecule has 10 nitrogen and oxygen atoms in total. The number of thioether (sulfide) groups is 1. The molecule has 0 radical (unpaired) electrons. The number of rotatable bonds is 7. The van der Waals surface area contributed by atoms with Gasteiger partial charge in [-0.3, -0.25) is 28.9 Å². The molecule has 2 heterocycles. The minimum Gasteiger partial charge on any atom is -0.463 e. The Hall–Kier alpha value is -3.77. The van der Waals surface area contributed by atoms with E-state index in [1.165, 1.54) is 43.3 Å². The van der Waals surface area contributed by atoms with Crippen molar-refractivity contribution in [3.05, 3.63) is 65.5 Å². The molecule has 2 aromatic carbocycles. The largest absolute Gasteiger partial charge is 0.463 e. The maximum absolute atomic E-state index is 13.6. The van der Waals surface area contributed by atoms with Crippen LogP contribution in [0.15, 0.2) is 53.4 Å². The van der Waals surface area contributed by atoms with E-state index in [-0.39, 0.29) is 17.7 Å². The summed E-state index contributed by atoms with van der Waals surface area (Å²) in [6.45, 7) is 3.06. The molecular formula is C26H24FNO9S. The van der Waals surface area contributed by atoms with Crippen LogP contribution >= 0.6 is 11.8 Å². The second-order valence-corrected chi connectivity index (χ2v) is 9.75. The molecule has 200 valence electrons. The van der Waals surface area contributed by atoms with Gasteiger partial charge in [-0.25, -0.2) is 4.39 Å². The van der Waals surface area contributed by atoms with Crippen LogP contribution in [0.2, 0.25) is 0 Å². The maximum Gasteiger partial charge on any atom is 0.303 e. The van der Waals surface area contributed by atoms with Crippen molar-refractivity contribution in [1.29, 1.82) is 0 Å². The maximum atomic E-state index is 13.6. The first-order valence-corrected chi connectivity index (χ1v) is 12.5. The average molecular weight is 546 g/mol. The number of hydrogen-bond donors (Lipinski definition) is 0. The third-order valence-electron chi connectivity index (χ3n) is 5.86. The summed E-state index contributed by atoms with van der Waals surface area (Å²) >= 11 is 1.03. The van der Waals surface area contributed by atoms with Gasteiger partial charge in [0, 0.05) is 25.7 Å². The highest BCUT2D eigenvalue weighted by atomic mass is 32.2. The quantitative estimate of drug-likeness (QED) is 0.291. The molecule has 0 bridgehead atoms. The van der Waals surface area contributed by atoms with Gasteiger partial charge in [0.15, 0.2) is 12.2 Å². The van der Waals surface area contributed by atoms with Gasteiger partial charge < -0.3 is 18.9 Å². The summed E-state index contributed by atoms with van der Waals surface area (Å²) in [5, 5.41) is 0. The van der Waals surface area contributed by atoms with Crippen molar-refractivity contribution in [3.8, 4) is 0 Å². The zero-order valence-electron chi connectivity index (χ0n) is 20.6. The van der Waals surface area contributed by atoms with Gasteiger partial charge in [0.25, 0.3) is 11.8 Å². The second kappa shape index (κ2) is 11.3. The van der Waals surface area contributed by atoms with E-state index in [0.717, 1.165) is 30.5 Å². The Labute approximate surface area is 221 Å². The number of esters is 3. The van der Waals surface area contributed by atoms with E-state index < -0.39 is 65.3 Å². The molecule has 1 fully saturated rings. The Bertz CT molecular complexity index is 1230. The topological polar surface area (TPSA) is 126 Å². The Balaban J connectivity index is 1.82. The van der Waals surface area contributed by atoms with Crippen LogP contribution in [0.3, 0.4) is 0 Å². The molecule has 0 aliphatic carbocycles. The SMILES string of the molecule is CC(=O)OC[C@H]1O[C@@H](Sc2ccc(F)cc2)[C@H](N2C(=O)c3ccccc3C2=O)[C@@H](OC(C)=O)[C@@H]1OC(C)=O.